The molecule has 0 aromatic carbocycles. The number of carboxylic acids is 1. The minimum atomic E-state index is -0.989. The molecule has 0 aliphatic heterocycles. The van der Waals surface area contributed by atoms with E-state index in [1.54, 1.807) is 6.08 Å². The summed E-state index contributed by atoms with van der Waals surface area (Å²) < 4.78 is 0. The van der Waals surface area contributed by atoms with Crippen molar-refractivity contribution in [3.8, 4) is 0 Å². The second-order valence-corrected chi connectivity index (χ2v) is 3.02. The molecule has 0 aromatic rings. The highest BCUT2D eigenvalue weighted by Gasteiger charge is 2.09. The van der Waals surface area contributed by atoms with Gasteiger partial charge >= 0.3 is 5.97 Å². The Morgan fingerprint density at radius 3 is 2.75 bits per heavy atom. The quantitative estimate of drug-likeness (QED) is 0.214. The molecule has 7 heteroatoms. The molecule has 0 bridgehead atoms. The van der Waals surface area contributed by atoms with E-state index >= 15 is 0 Å². The van der Waals surface area contributed by atoms with Gasteiger partial charge in [-0.1, -0.05) is 6.08 Å². The maximum Gasteiger partial charge on any atom is 0.320 e. The minimum Gasteiger partial charge on any atom is -0.480 e. The molecule has 0 saturated carbocycles. The van der Waals surface area contributed by atoms with Crippen molar-refractivity contribution < 1.29 is 9.90 Å². The molecule has 0 rings (SSSR count). The van der Waals surface area contributed by atoms with Crippen molar-refractivity contribution in [2.24, 2.45) is 16.5 Å². The van der Waals surface area contributed by atoms with Gasteiger partial charge in [0, 0.05) is 13.1 Å². The molecule has 0 aliphatic carbocycles. The van der Waals surface area contributed by atoms with Crippen LogP contribution in [0, 0.1) is 0 Å². The van der Waals surface area contributed by atoms with Crippen LogP contribution in [-0.4, -0.2) is 36.2 Å². The Kier molecular flexibility index (Phi) is 11.0. The van der Waals surface area contributed by atoms with Crippen LogP contribution in [0.2, 0.25) is 0 Å². The van der Waals surface area contributed by atoms with Crippen LogP contribution >= 0.6 is 12.4 Å². The van der Waals surface area contributed by atoms with Crippen LogP contribution in [0.5, 0.6) is 0 Å². The first-order valence-corrected chi connectivity index (χ1v) is 4.71. The number of nitrogens with two attached hydrogens (primary N) is 2. The van der Waals surface area contributed by atoms with E-state index in [0.717, 1.165) is 0 Å². The smallest absolute Gasteiger partial charge is 0.320 e. The maximum absolute atomic E-state index is 10.4. The Labute approximate surface area is 101 Å². The lowest BCUT2D eigenvalue weighted by Gasteiger charge is -2.05. The lowest BCUT2D eigenvalue weighted by molar-refractivity contribution is -0.138. The fraction of sp³-hybridized carbons (Fsp3) is 0.556. The van der Waals surface area contributed by atoms with Crippen LogP contribution in [0.1, 0.15) is 12.8 Å². The predicted octanol–water partition coefficient (Wildman–Crippen LogP) is -0.309. The van der Waals surface area contributed by atoms with Gasteiger partial charge in [-0.25, -0.2) is 0 Å². The van der Waals surface area contributed by atoms with Gasteiger partial charge in [0.2, 0.25) is 0 Å². The highest BCUT2D eigenvalue weighted by Crippen LogP contribution is 1.94. The molecular weight excluding hydrogens is 232 g/mol. The zero-order valence-electron chi connectivity index (χ0n) is 9.06. The molecule has 0 aromatic heterocycles. The maximum atomic E-state index is 10.4. The number of aliphatic carboxylic acids is 1. The molecule has 0 spiro atoms. The molecule has 0 saturated heterocycles. The van der Waals surface area contributed by atoms with Gasteiger partial charge in [-0.2, -0.15) is 0 Å². The molecule has 16 heavy (non-hydrogen) atoms. The number of hydrogen-bond donors (Lipinski definition) is 4. The Balaban J connectivity index is 0. The zero-order valence-corrected chi connectivity index (χ0v) is 9.87. The Morgan fingerprint density at radius 2 is 2.25 bits per heavy atom. The van der Waals surface area contributed by atoms with Gasteiger partial charge in [0.15, 0.2) is 5.96 Å². The number of carbonyl (C=O) groups is 1. The largest absolute Gasteiger partial charge is 0.480 e. The highest BCUT2D eigenvalue weighted by molar-refractivity contribution is 5.85. The average molecular weight is 251 g/mol. The summed E-state index contributed by atoms with van der Waals surface area (Å²) in [5, 5.41) is 11.3. The van der Waals surface area contributed by atoms with Crippen molar-refractivity contribution in [2.75, 3.05) is 13.1 Å². The number of halogens is 1. The lowest BCUT2D eigenvalue weighted by atomic mass is 10.2. The summed E-state index contributed by atoms with van der Waals surface area (Å²) in [6, 6.07) is -0.817. The number of aliphatic imine (C=N–C) groups is 1. The first-order valence-electron chi connectivity index (χ1n) is 4.71. The number of nitrogens with one attached hydrogen (secondary N) is 1. The van der Waals surface area contributed by atoms with Gasteiger partial charge in [0.1, 0.15) is 6.04 Å². The normalized spacial score (nSPS) is 12.4. The molecular formula is C9H19ClN4O2. The van der Waals surface area contributed by atoms with Crippen LogP contribution in [0.15, 0.2) is 17.6 Å². The van der Waals surface area contributed by atoms with Crippen LogP contribution in [0.4, 0.5) is 0 Å². The van der Waals surface area contributed by atoms with Crippen LogP contribution < -0.4 is 16.8 Å². The van der Waals surface area contributed by atoms with E-state index in [0.29, 0.717) is 31.9 Å². The molecule has 6 N–H and O–H groups in total. The van der Waals surface area contributed by atoms with E-state index in [1.807, 2.05) is 0 Å². The first kappa shape index (κ1) is 17.1. The summed E-state index contributed by atoms with van der Waals surface area (Å²) in [6.45, 7) is 4.55. The van der Waals surface area contributed by atoms with E-state index in [9.17, 15) is 4.79 Å². The first-order chi connectivity index (χ1) is 7.07. The number of hydrogen-bond acceptors (Lipinski definition) is 3. The van der Waals surface area contributed by atoms with Crippen LogP contribution in [0.25, 0.3) is 0 Å². The van der Waals surface area contributed by atoms with Gasteiger partial charge in [-0.3, -0.25) is 9.79 Å². The number of carboxylic acid groups (broad SMARTS) is 1. The van der Waals surface area contributed by atoms with E-state index in [4.69, 9.17) is 16.6 Å². The monoisotopic (exact) mass is 250 g/mol. The third kappa shape index (κ3) is 9.29. The Morgan fingerprint density at radius 1 is 1.62 bits per heavy atom. The van der Waals surface area contributed by atoms with E-state index in [-0.39, 0.29) is 12.4 Å². The fourth-order valence-electron chi connectivity index (χ4n) is 0.867. The van der Waals surface area contributed by atoms with Crippen molar-refractivity contribution >= 4 is 24.3 Å². The fourth-order valence-corrected chi connectivity index (χ4v) is 0.867. The number of rotatable bonds is 7. The van der Waals surface area contributed by atoms with Crippen molar-refractivity contribution in [3.05, 3.63) is 12.7 Å². The van der Waals surface area contributed by atoms with Gasteiger partial charge in [0.25, 0.3) is 0 Å². The summed E-state index contributed by atoms with van der Waals surface area (Å²) in [5.41, 5.74) is 10.8. The third-order valence-corrected chi connectivity index (χ3v) is 1.70. The Bertz CT molecular complexity index is 246. The molecule has 0 unspecified atom stereocenters. The SMILES string of the molecule is C=CCNC(N)=NCCC[C@H](N)C(=O)O.Cl. The average Bonchev–Trinajstić information content (AvgIpc) is 2.20. The van der Waals surface area contributed by atoms with E-state index < -0.39 is 12.0 Å². The predicted molar refractivity (Wildman–Crippen MR) is 66.8 cm³/mol. The van der Waals surface area contributed by atoms with Crippen LogP contribution in [0.3, 0.4) is 0 Å². The van der Waals surface area contributed by atoms with Gasteiger partial charge < -0.3 is 21.9 Å². The van der Waals surface area contributed by atoms with Crippen molar-refractivity contribution in [1.29, 1.82) is 0 Å². The topological polar surface area (TPSA) is 114 Å². The second-order valence-electron chi connectivity index (χ2n) is 3.02. The summed E-state index contributed by atoms with van der Waals surface area (Å²) in [6.07, 6.45) is 2.67. The second kappa shape index (κ2) is 10.3. The van der Waals surface area contributed by atoms with Gasteiger partial charge in [-0.15, -0.1) is 19.0 Å². The van der Waals surface area contributed by atoms with E-state index in [1.165, 1.54) is 0 Å². The molecule has 0 heterocycles. The molecule has 0 radical (unpaired) electrons. The third-order valence-electron chi connectivity index (χ3n) is 1.70. The molecule has 0 fully saturated rings. The molecule has 6 nitrogen and oxygen atoms in total. The highest BCUT2D eigenvalue weighted by atomic mass is 35.5. The zero-order chi connectivity index (χ0) is 11.7. The lowest BCUT2D eigenvalue weighted by Crippen LogP contribution is -2.32. The minimum absolute atomic E-state index is 0. The van der Waals surface area contributed by atoms with Crippen LogP contribution in [-0.2, 0) is 4.79 Å². The number of nitrogens with zero attached hydrogens (tertiary/aromatic N) is 1. The molecule has 1 atom stereocenters. The molecule has 94 valence electrons. The van der Waals surface area contributed by atoms with Gasteiger partial charge in [-0.05, 0) is 12.8 Å². The van der Waals surface area contributed by atoms with Crippen molar-refractivity contribution in [3.63, 3.8) is 0 Å². The summed E-state index contributed by atoms with van der Waals surface area (Å²) >= 11 is 0. The summed E-state index contributed by atoms with van der Waals surface area (Å²) in [7, 11) is 0. The summed E-state index contributed by atoms with van der Waals surface area (Å²) in [5.74, 6) is -0.657. The Hall–Kier alpha value is -1.27. The summed E-state index contributed by atoms with van der Waals surface area (Å²) in [4.78, 5) is 14.3. The van der Waals surface area contributed by atoms with Crippen molar-refractivity contribution in [1.82, 2.24) is 5.32 Å². The van der Waals surface area contributed by atoms with Gasteiger partial charge in [0.05, 0.1) is 0 Å². The van der Waals surface area contributed by atoms with E-state index in [2.05, 4.69) is 16.9 Å². The number of guanidine groups is 1. The van der Waals surface area contributed by atoms with Crippen molar-refractivity contribution in [2.45, 2.75) is 18.9 Å². The molecule has 0 amide bonds. The molecule has 0 aliphatic rings. The standard InChI is InChI=1S/C9H18N4O2.ClH/c1-2-5-12-9(11)13-6-3-4-7(10)8(14)15;/h2,7H,1,3-6,10H2,(H,14,15)(H3,11,12,13);1H/t7-;/m0./s1.